The number of carbonyl (C=O) groups excluding carboxylic acids is 1. The number of H-pyrrole nitrogens is 1. The van der Waals surface area contributed by atoms with Crippen LogP contribution in [-0.4, -0.2) is 5.91 Å². The fourth-order valence-electron chi connectivity index (χ4n) is 4.25. The van der Waals surface area contributed by atoms with E-state index in [4.69, 9.17) is 27.9 Å². The third kappa shape index (κ3) is 6.31. The molecular formula is C31H24Cl2FN2O2S+. The smallest absolute Gasteiger partial charge is 0.251 e. The van der Waals surface area contributed by atoms with E-state index in [1.165, 1.54) is 12.1 Å². The van der Waals surface area contributed by atoms with E-state index in [1.807, 2.05) is 73.2 Å². The number of hydrogen-bond donors (Lipinski definition) is 1. The van der Waals surface area contributed by atoms with Crippen LogP contribution in [0, 0.1) is 12.7 Å². The van der Waals surface area contributed by atoms with E-state index in [2.05, 4.69) is 10.3 Å². The zero-order chi connectivity index (χ0) is 27.4. The van der Waals surface area contributed by atoms with Crippen LogP contribution in [0.2, 0.25) is 10.0 Å². The molecule has 5 aromatic rings. The van der Waals surface area contributed by atoms with E-state index >= 15 is 0 Å². The average molecular weight is 579 g/mol. The Morgan fingerprint density at radius 3 is 2.64 bits per heavy atom. The lowest BCUT2D eigenvalue weighted by molar-refractivity contribution is -0.378. The zero-order valence-corrected chi connectivity index (χ0v) is 23.3. The van der Waals surface area contributed by atoms with Crippen molar-refractivity contribution in [1.29, 1.82) is 0 Å². The standard InChI is InChI=1S/C31H23Cl2FN2O2S/c1-19-13-21(31(37)36-17-20-3-2-11-35-16-20)5-8-25(19)30-26(10-12-39-30)27-14-23(32)6-9-29(27)38-18-22-4-7-24(34)15-28(22)33/h2-16H,17-18H2,1H3,(H,36,37)/p+1. The van der Waals surface area contributed by atoms with Crippen molar-refractivity contribution in [3.05, 3.63) is 129 Å². The molecule has 2 N–H and O–H groups in total. The zero-order valence-electron chi connectivity index (χ0n) is 20.9. The molecule has 1 amide bonds. The number of pyridine rings is 1. The molecule has 0 aliphatic heterocycles. The van der Waals surface area contributed by atoms with Gasteiger partial charge in [-0.15, -0.1) is 11.3 Å². The van der Waals surface area contributed by atoms with Gasteiger partial charge in [0.2, 0.25) is 0 Å². The highest BCUT2D eigenvalue weighted by molar-refractivity contribution is 7.14. The maximum absolute atomic E-state index is 13.5. The van der Waals surface area contributed by atoms with Crippen LogP contribution in [0.3, 0.4) is 0 Å². The van der Waals surface area contributed by atoms with Crippen molar-refractivity contribution in [2.75, 3.05) is 0 Å². The van der Waals surface area contributed by atoms with E-state index in [0.29, 0.717) is 33.5 Å². The molecule has 0 unspecified atom stereocenters. The van der Waals surface area contributed by atoms with E-state index < -0.39 is 5.82 Å². The van der Waals surface area contributed by atoms with Gasteiger partial charge in [0.25, 0.3) is 5.91 Å². The highest BCUT2D eigenvalue weighted by atomic mass is 35.5. The number of rotatable bonds is 8. The van der Waals surface area contributed by atoms with Crippen LogP contribution in [-0.2, 0) is 13.2 Å². The van der Waals surface area contributed by atoms with Crippen LogP contribution in [0.15, 0.2) is 90.6 Å². The molecule has 39 heavy (non-hydrogen) atoms. The van der Waals surface area contributed by atoms with Gasteiger partial charge >= 0.3 is 0 Å². The Morgan fingerprint density at radius 2 is 1.87 bits per heavy atom. The maximum atomic E-state index is 13.5. The fourth-order valence-corrected chi connectivity index (χ4v) is 5.64. The number of thiophene rings is 1. The molecule has 2 aromatic heterocycles. The van der Waals surface area contributed by atoms with Crippen LogP contribution >= 0.6 is 34.5 Å². The normalized spacial score (nSPS) is 10.9. The van der Waals surface area contributed by atoms with Gasteiger partial charge in [0.05, 0.1) is 5.02 Å². The minimum atomic E-state index is -0.396. The Hall–Kier alpha value is -3.71. The molecule has 0 radical (unpaired) electrons. The molecule has 4 nitrogen and oxygen atoms in total. The SMILES string of the molecule is Cc1cc(C(=O)NCc2ccc[nH+]c2)ccc1-c1sccc1-c1cc(Cl)ccc1OCc1ccc(F)cc1Cl. The number of ether oxygens (including phenoxy) is 1. The topological polar surface area (TPSA) is 52.5 Å². The monoisotopic (exact) mass is 577 g/mol. The minimum Gasteiger partial charge on any atom is -0.488 e. The fraction of sp³-hybridized carbons (Fsp3) is 0.0968. The summed E-state index contributed by atoms with van der Waals surface area (Å²) in [6.45, 7) is 2.61. The summed E-state index contributed by atoms with van der Waals surface area (Å²) in [6.07, 6.45) is 3.68. The summed E-state index contributed by atoms with van der Waals surface area (Å²) < 4.78 is 19.6. The lowest BCUT2D eigenvalue weighted by Gasteiger charge is -2.15. The van der Waals surface area contributed by atoms with Crippen LogP contribution in [0.4, 0.5) is 4.39 Å². The number of amides is 1. The van der Waals surface area contributed by atoms with E-state index in [9.17, 15) is 9.18 Å². The first kappa shape index (κ1) is 26.9. The molecule has 0 atom stereocenters. The summed E-state index contributed by atoms with van der Waals surface area (Å²) in [7, 11) is 0. The van der Waals surface area contributed by atoms with E-state index in [-0.39, 0.29) is 12.5 Å². The summed E-state index contributed by atoms with van der Waals surface area (Å²) in [5, 5.41) is 5.87. The number of hydrogen-bond acceptors (Lipinski definition) is 3. The molecular weight excluding hydrogens is 554 g/mol. The average Bonchev–Trinajstić information content (AvgIpc) is 3.42. The molecule has 3 aromatic carbocycles. The number of nitrogens with one attached hydrogen (secondary N) is 2. The summed E-state index contributed by atoms with van der Waals surface area (Å²) in [4.78, 5) is 16.8. The van der Waals surface area contributed by atoms with Gasteiger partial charge in [-0.1, -0.05) is 35.3 Å². The highest BCUT2D eigenvalue weighted by Crippen LogP contribution is 2.43. The molecule has 0 saturated carbocycles. The van der Waals surface area contributed by atoms with Gasteiger partial charge in [-0.2, -0.15) is 0 Å². The number of carbonyl (C=O) groups is 1. The molecule has 0 spiro atoms. The predicted molar refractivity (Wildman–Crippen MR) is 155 cm³/mol. The second-order valence-electron chi connectivity index (χ2n) is 8.95. The van der Waals surface area contributed by atoms with Gasteiger partial charge in [0, 0.05) is 50.3 Å². The largest absolute Gasteiger partial charge is 0.488 e. The molecule has 0 saturated heterocycles. The van der Waals surface area contributed by atoms with Gasteiger partial charge in [-0.05, 0) is 78.0 Å². The van der Waals surface area contributed by atoms with Crippen molar-refractivity contribution in [3.8, 4) is 27.3 Å². The van der Waals surface area contributed by atoms with E-state index in [0.717, 1.165) is 32.7 Å². The molecule has 0 aliphatic rings. The second kappa shape index (κ2) is 12.0. The Balaban J connectivity index is 1.40. The summed E-state index contributed by atoms with van der Waals surface area (Å²) in [6, 6.07) is 21.3. The van der Waals surface area contributed by atoms with Crippen molar-refractivity contribution in [1.82, 2.24) is 5.32 Å². The third-order valence-electron chi connectivity index (χ3n) is 6.25. The van der Waals surface area contributed by atoms with Gasteiger partial charge in [-0.3, -0.25) is 4.79 Å². The number of aromatic nitrogens is 1. The van der Waals surface area contributed by atoms with Crippen molar-refractivity contribution in [3.63, 3.8) is 0 Å². The van der Waals surface area contributed by atoms with Crippen molar-refractivity contribution in [2.45, 2.75) is 20.1 Å². The molecule has 0 aliphatic carbocycles. The molecule has 8 heteroatoms. The summed E-state index contributed by atoms with van der Waals surface area (Å²) in [5.74, 6) is 0.101. The molecule has 0 fully saturated rings. The molecule has 0 bridgehead atoms. The lowest BCUT2D eigenvalue weighted by atomic mass is 9.97. The van der Waals surface area contributed by atoms with Gasteiger partial charge < -0.3 is 10.1 Å². The number of aromatic amines is 1. The van der Waals surface area contributed by atoms with Gasteiger partial charge in [0.15, 0.2) is 12.4 Å². The first-order chi connectivity index (χ1) is 18.9. The Kier molecular flexibility index (Phi) is 8.27. The number of benzene rings is 3. The Morgan fingerprint density at radius 1 is 1.00 bits per heavy atom. The van der Waals surface area contributed by atoms with Crippen LogP contribution in [0.1, 0.15) is 27.0 Å². The molecule has 5 rings (SSSR count). The van der Waals surface area contributed by atoms with E-state index in [1.54, 1.807) is 23.5 Å². The minimum absolute atomic E-state index is 0.134. The van der Waals surface area contributed by atoms with Crippen LogP contribution < -0.4 is 15.0 Å². The highest BCUT2D eigenvalue weighted by Gasteiger charge is 2.17. The second-order valence-corrected chi connectivity index (χ2v) is 10.7. The first-order valence-corrected chi connectivity index (χ1v) is 13.8. The van der Waals surface area contributed by atoms with Crippen molar-refractivity contribution >= 4 is 40.4 Å². The summed E-state index contributed by atoms with van der Waals surface area (Å²) >= 11 is 14.2. The first-order valence-electron chi connectivity index (χ1n) is 12.2. The number of aryl methyl sites for hydroxylation is 1. The molecule has 196 valence electrons. The quantitative estimate of drug-likeness (QED) is 0.202. The third-order valence-corrected chi connectivity index (χ3v) is 7.79. The van der Waals surface area contributed by atoms with Crippen LogP contribution in [0.25, 0.3) is 21.6 Å². The van der Waals surface area contributed by atoms with Gasteiger partial charge in [-0.25, -0.2) is 9.37 Å². The summed E-state index contributed by atoms with van der Waals surface area (Å²) in [5.41, 5.74) is 6.05. The number of halogens is 3. The molecule has 2 heterocycles. The van der Waals surface area contributed by atoms with Crippen molar-refractivity contribution < 1.29 is 18.9 Å². The lowest BCUT2D eigenvalue weighted by Crippen LogP contribution is -2.23. The van der Waals surface area contributed by atoms with Crippen molar-refractivity contribution in [2.24, 2.45) is 0 Å². The predicted octanol–water partition coefficient (Wildman–Crippen LogP) is 8.16. The Bertz CT molecular complexity index is 1640. The van der Waals surface area contributed by atoms with Gasteiger partial charge in [0.1, 0.15) is 18.2 Å². The Labute approximate surface area is 240 Å². The maximum Gasteiger partial charge on any atom is 0.251 e. The van der Waals surface area contributed by atoms with Crippen LogP contribution in [0.5, 0.6) is 5.75 Å².